The van der Waals surface area contributed by atoms with Gasteiger partial charge in [0.05, 0.1) is 12.7 Å². The molecule has 2 aliphatic rings. The van der Waals surface area contributed by atoms with Gasteiger partial charge in [0, 0.05) is 17.7 Å². The molecule has 1 aromatic rings. The fourth-order valence-electron chi connectivity index (χ4n) is 2.04. The Balaban J connectivity index is 2.17. The predicted octanol–water partition coefficient (Wildman–Crippen LogP) is 3.13. The number of benzene rings is 2. The Hall–Kier alpha value is -2.75. The third-order valence-electron chi connectivity index (χ3n) is 3.09. The average molecular weight is 268 g/mol. The summed E-state index contributed by atoms with van der Waals surface area (Å²) < 4.78 is 10.8. The third-order valence-corrected chi connectivity index (χ3v) is 3.09. The van der Waals surface area contributed by atoms with Crippen LogP contribution in [0.15, 0.2) is 57.7 Å². The van der Waals surface area contributed by atoms with Gasteiger partial charge >= 0.3 is 0 Å². The standard InChI is InChI=1S/C16H12O4/c1-19-12-8-14(18)13-6-7-15(20-16(13)9-12)10-2-4-11(17)5-3-10/h2-9,17H,1H3. The van der Waals surface area contributed by atoms with E-state index in [1.165, 1.54) is 13.2 Å². The Labute approximate surface area is 115 Å². The second-order valence-electron chi connectivity index (χ2n) is 4.38. The van der Waals surface area contributed by atoms with Gasteiger partial charge in [0.15, 0.2) is 5.43 Å². The summed E-state index contributed by atoms with van der Waals surface area (Å²) >= 11 is 0. The minimum Gasteiger partial charge on any atom is -0.508 e. The molecule has 4 heteroatoms. The summed E-state index contributed by atoms with van der Waals surface area (Å²) in [6.45, 7) is 0. The zero-order valence-electron chi connectivity index (χ0n) is 10.8. The molecule has 4 nitrogen and oxygen atoms in total. The Morgan fingerprint density at radius 2 is 1.75 bits per heavy atom. The van der Waals surface area contributed by atoms with E-state index in [9.17, 15) is 9.90 Å². The Morgan fingerprint density at radius 3 is 2.45 bits per heavy atom. The Kier molecular flexibility index (Phi) is 2.91. The van der Waals surface area contributed by atoms with Crippen molar-refractivity contribution in [3.63, 3.8) is 0 Å². The molecule has 0 atom stereocenters. The van der Waals surface area contributed by atoms with Crippen molar-refractivity contribution < 1.29 is 14.3 Å². The molecule has 20 heavy (non-hydrogen) atoms. The van der Waals surface area contributed by atoms with Crippen LogP contribution in [-0.2, 0) is 0 Å². The van der Waals surface area contributed by atoms with E-state index >= 15 is 0 Å². The van der Waals surface area contributed by atoms with Gasteiger partial charge in [-0.05, 0) is 36.4 Å². The Morgan fingerprint density at radius 1 is 1.00 bits per heavy atom. The van der Waals surface area contributed by atoms with Gasteiger partial charge in [-0.3, -0.25) is 4.79 Å². The summed E-state index contributed by atoms with van der Waals surface area (Å²) in [6.07, 6.45) is 0. The molecule has 0 aromatic heterocycles. The molecule has 0 amide bonds. The summed E-state index contributed by atoms with van der Waals surface area (Å²) in [7, 11) is 1.50. The molecule has 1 N–H and O–H groups in total. The highest BCUT2D eigenvalue weighted by Gasteiger charge is 2.12. The van der Waals surface area contributed by atoms with Crippen LogP contribution in [0, 0.1) is 0 Å². The van der Waals surface area contributed by atoms with Crippen molar-refractivity contribution in [2.75, 3.05) is 7.11 Å². The van der Waals surface area contributed by atoms with Crippen molar-refractivity contribution in [2.45, 2.75) is 0 Å². The first kappa shape index (κ1) is 12.3. The SMILES string of the molecule is COc1cc2oc(-c3ccc(O)cc3)ccc-2c(=O)c1. The first-order chi connectivity index (χ1) is 9.67. The van der Waals surface area contributed by atoms with E-state index in [-0.39, 0.29) is 11.2 Å². The normalized spacial score (nSPS) is 10.7. The fourth-order valence-corrected chi connectivity index (χ4v) is 2.04. The molecular weight excluding hydrogens is 256 g/mol. The average Bonchev–Trinajstić information content (AvgIpc) is 2.47. The van der Waals surface area contributed by atoms with Gasteiger partial charge in [-0.1, -0.05) is 0 Å². The molecule has 0 radical (unpaired) electrons. The highest BCUT2D eigenvalue weighted by Crippen LogP contribution is 2.29. The van der Waals surface area contributed by atoms with E-state index in [1.807, 2.05) is 0 Å². The zero-order valence-corrected chi connectivity index (χ0v) is 10.8. The van der Waals surface area contributed by atoms with Crippen molar-refractivity contribution in [1.29, 1.82) is 0 Å². The van der Waals surface area contributed by atoms with Crippen LogP contribution in [0.25, 0.3) is 22.6 Å². The van der Waals surface area contributed by atoms with Crippen LogP contribution < -0.4 is 10.2 Å². The summed E-state index contributed by atoms with van der Waals surface area (Å²) in [6, 6.07) is 13.2. The number of methoxy groups -OCH3 is 1. The van der Waals surface area contributed by atoms with Crippen LogP contribution in [0.4, 0.5) is 0 Å². The van der Waals surface area contributed by atoms with Crippen LogP contribution in [0.2, 0.25) is 0 Å². The van der Waals surface area contributed by atoms with Gasteiger partial charge in [0.2, 0.25) is 0 Å². The third kappa shape index (κ3) is 2.12. The maximum atomic E-state index is 11.9. The van der Waals surface area contributed by atoms with E-state index in [1.54, 1.807) is 42.5 Å². The monoisotopic (exact) mass is 268 g/mol. The molecular formula is C16H12O4. The van der Waals surface area contributed by atoms with Crippen molar-refractivity contribution in [2.24, 2.45) is 0 Å². The van der Waals surface area contributed by atoms with Crippen molar-refractivity contribution in [1.82, 2.24) is 0 Å². The molecule has 1 heterocycles. The van der Waals surface area contributed by atoms with Crippen LogP contribution in [0.1, 0.15) is 0 Å². The van der Waals surface area contributed by atoms with E-state index < -0.39 is 0 Å². The van der Waals surface area contributed by atoms with E-state index in [4.69, 9.17) is 9.15 Å². The van der Waals surface area contributed by atoms with Gasteiger partial charge < -0.3 is 14.3 Å². The number of hydrogen-bond acceptors (Lipinski definition) is 4. The lowest BCUT2D eigenvalue weighted by molar-refractivity contribution is 0.412. The van der Waals surface area contributed by atoms with Gasteiger partial charge in [-0.25, -0.2) is 0 Å². The van der Waals surface area contributed by atoms with Crippen LogP contribution in [0.5, 0.6) is 11.5 Å². The number of fused-ring (bicyclic) bond motifs is 1. The summed E-state index contributed by atoms with van der Waals surface area (Å²) in [5.74, 6) is 1.75. The quantitative estimate of drug-likeness (QED) is 0.775. The van der Waals surface area contributed by atoms with Gasteiger partial charge in [0.25, 0.3) is 0 Å². The summed E-state index contributed by atoms with van der Waals surface area (Å²) in [5.41, 5.74) is 1.19. The Bertz CT molecular complexity index is 771. The number of phenolic OH excluding ortho intramolecular Hbond substituents is 1. The second-order valence-corrected chi connectivity index (χ2v) is 4.38. The molecule has 0 fully saturated rings. The molecule has 0 saturated heterocycles. The second kappa shape index (κ2) is 4.74. The lowest BCUT2D eigenvalue weighted by atomic mass is 10.1. The highest BCUT2D eigenvalue weighted by atomic mass is 16.5. The first-order valence-corrected chi connectivity index (χ1v) is 6.09. The molecule has 1 aliphatic carbocycles. The maximum absolute atomic E-state index is 11.9. The van der Waals surface area contributed by atoms with Crippen molar-refractivity contribution >= 4 is 0 Å². The van der Waals surface area contributed by atoms with Crippen molar-refractivity contribution in [3.8, 4) is 34.1 Å². The molecule has 0 unspecified atom stereocenters. The number of ether oxygens (including phenoxy) is 1. The fraction of sp³-hybridized carbons (Fsp3) is 0.0625. The topological polar surface area (TPSA) is 59.7 Å². The molecule has 0 spiro atoms. The van der Waals surface area contributed by atoms with E-state index in [0.29, 0.717) is 22.8 Å². The van der Waals surface area contributed by atoms with E-state index in [2.05, 4.69) is 0 Å². The van der Waals surface area contributed by atoms with E-state index in [0.717, 1.165) is 5.56 Å². The smallest absolute Gasteiger partial charge is 0.193 e. The number of phenols is 1. The largest absolute Gasteiger partial charge is 0.508 e. The number of aromatic hydroxyl groups is 1. The molecule has 0 bridgehead atoms. The minimum atomic E-state index is -0.139. The summed E-state index contributed by atoms with van der Waals surface area (Å²) in [4.78, 5) is 11.9. The summed E-state index contributed by atoms with van der Waals surface area (Å²) in [5, 5.41) is 9.29. The molecule has 1 aromatic carbocycles. The lowest BCUT2D eigenvalue weighted by Gasteiger charge is -2.09. The predicted molar refractivity (Wildman–Crippen MR) is 75.3 cm³/mol. The van der Waals surface area contributed by atoms with Crippen LogP contribution >= 0.6 is 0 Å². The lowest BCUT2D eigenvalue weighted by Crippen LogP contribution is -2.05. The minimum absolute atomic E-state index is 0.139. The maximum Gasteiger partial charge on any atom is 0.193 e. The first-order valence-electron chi connectivity index (χ1n) is 6.09. The molecule has 1 aliphatic heterocycles. The molecule has 100 valence electrons. The van der Waals surface area contributed by atoms with Crippen LogP contribution in [0.3, 0.4) is 0 Å². The van der Waals surface area contributed by atoms with Crippen LogP contribution in [-0.4, -0.2) is 12.2 Å². The molecule has 0 saturated carbocycles. The van der Waals surface area contributed by atoms with Gasteiger partial charge in [-0.15, -0.1) is 0 Å². The number of rotatable bonds is 2. The van der Waals surface area contributed by atoms with Gasteiger partial charge in [-0.2, -0.15) is 0 Å². The van der Waals surface area contributed by atoms with Crippen molar-refractivity contribution in [3.05, 3.63) is 58.8 Å². The highest BCUT2D eigenvalue weighted by molar-refractivity contribution is 5.66. The van der Waals surface area contributed by atoms with Gasteiger partial charge in [0.1, 0.15) is 23.0 Å². The zero-order chi connectivity index (χ0) is 14.1. The molecule has 3 rings (SSSR count). The number of hydrogen-bond donors (Lipinski definition) is 1.